The molecule has 1 saturated heterocycles. The van der Waals surface area contributed by atoms with Crippen LogP contribution < -0.4 is 0 Å². The summed E-state index contributed by atoms with van der Waals surface area (Å²) in [5, 5.41) is 13.5. The van der Waals surface area contributed by atoms with E-state index in [0.29, 0.717) is 42.5 Å². The molecule has 1 aliphatic heterocycles. The Morgan fingerprint density at radius 3 is 3.07 bits per heavy atom. The molecule has 4 heterocycles. The first-order valence-electron chi connectivity index (χ1n) is 8.95. The lowest BCUT2D eigenvalue weighted by molar-refractivity contribution is -0.128. The van der Waals surface area contributed by atoms with Crippen molar-refractivity contribution in [3.63, 3.8) is 0 Å². The maximum atomic E-state index is 5.41. The number of rotatable bonds is 5. The predicted octanol–water partition coefficient (Wildman–Crippen LogP) is 1.96. The molecule has 0 atom stereocenters. The van der Waals surface area contributed by atoms with Gasteiger partial charge in [0.2, 0.25) is 5.65 Å². The zero-order valence-electron chi connectivity index (χ0n) is 15.2. The number of hydrogen-bond donors (Lipinski definition) is 0. The Bertz CT molecular complexity index is 1180. The van der Waals surface area contributed by atoms with Gasteiger partial charge in [0.05, 0.1) is 31.5 Å². The van der Waals surface area contributed by atoms with E-state index < -0.39 is 0 Å². The summed E-state index contributed by atoms with van der Waals surface area (Å²) >= 11 is 0. The molecule has 0 amide bonds. The molecule has 1 aliphatic rings. The Labute approximate surface area is 160 Å². The summed E-state index contributed by atoms with van der Waals surface area (Å²) in [6, 6.07) is 10.1. The lowest BCUT2D eigenvalue weighted by Gasteiger charge is -2.23. The maximum Gasteiger partial charge on any atom is 0.221 e. The van der Waals surface area contributed by atoms with E-state index in [9.17, 15) is 0 Å². The average molecular weight is 375 g/mol. The number of benzene rings is 1. The highest BCUT2D eigenvalue weighted by atomic mass is 16.7. The summed E-state index contributed by atoms with van der Waals surface area (Å²) in [5.74, 6) is 0. The van der Waals surface area contributed by atoms with Crippen LogP contribution in [0.3, 0.4) is 0 Å². The topological polar surface area (TPSA) is 100 Å². The zero-order chi connectivity index (χ0) is 18.9. The van der Waals surface area contributed by atoms with Crippen molar-refractivity contribution < 1.29 is 9.57 Å². The van der Waals surface area contributed by atoms with Gasteiger partial charge in [-0.2, -0.15) is 0 Å². The molecule has 0 aliphatic carbocycles. The van der Waals surface area contributed by atoms with Crippen LogP contribution in [0, 0.1) is 0 Å². The summed E-state index contributed by atoms with van der Waals surface area (Å²) in [5.41, 5.74) is 4.40. The standard InChI is InChI=1S/C19H17N7O2/c1-12(24-28-15-10-27-11-15)17-8-21-18-19(22-17)26(25-23-18)9-13-4-5-16-14(7-13)3-2-6-20-16/h2-8,15H,9-11H2,1H3. The molecule has 0 unspecified atom stereocenters. The summed E-state index contributed by atoms with van der Waals surface area (Å²) in [4.78, 5) is 18.7. The fourth-order valence-corrected chi connectivity index (χ4v) is 2.91. The van der Waals surface area contributed by atoms with Crippen molar-refractivity contribution in [2.75, 3.05) is 13.2 Å². The highest BCUT2D eigenvalue weighted by Crippen LogP contribution is 2.16. The Kier molecular flexibility index (Phi) is 4.13. The van der Waals surface area contributed by atoms with E-state index in [1.165, 1.54) is 0 Å². The number of hydrogen-bond acceptors (Lipinski definition) is 8. The van der Waals surface area contributed by atoms with Gasteiger partial charge in [-0.25, -0.2) is 14.6 Å². The van der Waals surface area contributed by atoms with E-state index in [-0.39, 0.29) is 6.10 Å². The molecule has 140 valence electrons. The van der Waals surface area contributed by atoms with Gasteiger partial charge in [-0.3, -0.25) is 4.98 Å². The molecule has 0 radical (unpaired) electrons. The lowest BCUT2D eigenvalue weighted by atomic mass is 10.1. The number of fused-ring (bicyclic) bond motifs is 2. The number of aromatic nitrogens is 6. The van der Waals surface area contributed by atoms with Crippen molar-refractivity contribution in [3.8, 4) is 0 Å². The molecule has 1 fully saturated rings. The number of ether oxygens (including phenoxy) is 1. The minimum Gasteiger partial charge on any atom is -0.387 e. The minimum absolute atomic E-state index is 0.0150. The van der Waals surface area contributed by atoms with E-state index >= 15 is 0 Å². The summed E-state index contributed by atoms with van der Waals surface area (Å²) in [6.45, 7) is 3.50. The van der Waals surface area contributed by atoms with Crippen LogP contribution in [0.5, 0.6) is 0 Å². The highest BCUT2D eigenvalue weighted by molar-refractivity contribution is 5.97. The number of pyridine rings is 1. The van der Waals surface area contributed by atoms with Crippen LogP contribution in [0.1, 0.15) is 18.2 Å². The molecule has 4 aromatic rings. The fourth-order valence-electron chi connectivity index (χ4n) is 2.91. The molecule has 5 rings (SSSR count). The second kappa shape index (κ2) is 6.93. The largest absolute Gasteiger partial charge is 0.387 e. The Hall–Kier alpha value is -3.46. The van der Waals surface area contributed by atoms with Gasteiger partial charge in [0, 0.05) is 11.6 Å². The van der Waals surface area contributed by atoms with Crippen molar-refractivity contribution in [1.29, 1.82) is 0 Å². The third kappa shape index (κ3) is 3.16. The lowest BCUT2D eigenvalue weighted by Crippen LogP contribution is -2.34. The first kappa shape index (κ1) is 16.7. The monoisotopic (exact) mass is 375 g/mol. The second-order valence-electron chi connectivity index (χ2n) is 6.62. The van der Waals surface area contributed by atoms with E-state index in [0.717, 1.165) is 16.5 Å². The fraction of sp³-hybridized carbons (Fsp3) is 0.263. The van der Waals surface area contributed by atoms with E-state index in [1.807, 2.05) is 31.2 Å². The van der Waals surface area contributed by atoms with Crippen molar-refractivity contribution in [2.45, 2.75) is 19.6 Å². The van der Waals surface area contributed by atoms with Crippen LogP contribution in [-0.2, 0) is 16.1 Å². The number of oxime groups is 1. The van der Waals surface area contributed by atoms with Gasteiger partial charge in [0.25, 0.3) is 0 Å². The van der Waals surface area contributed by atoms with Gasteiger partial charge < -0.3 is 9.57 Å². The van der Waals surface area contributed by atoms with E-state index in [4.69, 9.17) is 9.57 Å². The van der Waals surface area contributed by atoms with Gasteiger partial charge in [-0.05, 0) is 30.7 Å². The Balaban J connectivity index is 1.43. The molecule has 0 bridgehead atoms. The smallest absolute Gasteiger partial charge is 0.221 e. The zero-order valence-corrected chi connectivity index (χ0v) is 15.2. The van der Waals surface area contributed by atoms with Gasteiger partial charge >= 0.3 is 0 Å². The van der Waals surface area contributed by atoms with Crippen LogP contribution in [0.15, 0.2) is 47.9 Å². The molecule has 0 N–H and O–H groups in total. The predicted molar refractivity (Wildman–Crippen MR) is 102 cm³/mol. The summed E-state index contributed by atoms with van der Waals surface area (Å²) in [6.07, 6.45) is 3.43. The minimum atomic E-state index is 0.0150. The third-order valence-electron chi connectivity index (χ3n) is 4.54. The molecular weight excluding hydrogens is 358 g/mol. The van der Waals surface area contributed by atoms with E-state index in [2.05, 4.69) is 36.5 Å². The average Bonchev–Trinajstić information content (AvgIpc) is 3.08. The SMILES string of the molecule is CC(=NOC1COC1)c1cnc2nnn(Cc3ccc4ncccc4c3)c2n1. The normalized spacial score (nSPS) is 15.1. The second-order valence-corrected chi connectivity index (χ2v) is 6.62. The van der Waals surface area contributed by atoms with E-state index in [1.54, 1.807) is 17.1 Å². The molecule has 1 aromatic carbocycles. The Morgan fingerprint density at radius 1 is 1.29 bits per heavy atom. The first-order valence-corrected chi connectivity index (χ1v) is 8.95. The van der Waals surface area contributed by atoms with Gasteiger partial charge in [-0.1, -0.05) is 22.5 Å². The maximum absolute atomic E-state index is 5.41. The van der Waals surface area contributed by atoms with Crippen molar-refractivity contribution in [3.05, 3.63) is 54.0 Å². The molecule has 0 saturated carbocycles. The molecule has 28 heavy (non-hydrogen) atoms. The molecule has 3 aromatic heterocycles. The van der Waals surface area contributed by atoms with Crippen LogP contribution >= 0.6 is 0 Å². The van der Waals surface area contributed by atoms with Crippen LogP contribution in [0.4, 0.5) is 0 Å². The molecule has 0 spiro atoms. The van der Waals surface area contributed by atoms with Gasteiger partial charge in [-0.15, -0.1) is 5.10 Å². The van der Waals surface area contributed by atoms with Crippen LogP contribution in [0.2, 0.25) is 0 Å². The summed E-state index contributed by atoms with van der Waals surface area (Å²) < 4.78 is 6.81. The molecule has 9 heteroatoms. The first-order chi connectivity index (χ1) is 13.8. The van der Waals surface area contributed by atoms with Crippen molar-refractivity contribution in [2.24, 2.45) is 5.16 Å². The molecule has 9 nitrogen and oxygen atoms in total. The number of nitrogens with zero attached hydrogens (tertiary/aromatic N) is 7. The molecular formula is C19H17N7O2. The van der Waals surface area contributed by atoms with Crippen molar-refractivity contribution >= 4 is 27.9 Å². The van der Waals surface area contributed by atoms with Crippen LogP contribution in [-0.4, -0.2) is 55.0 Å². The van der Waals surface area contributed by atoms with Crippen molar-refractivity contribution in [1.82, 2.24) is 29.9 Å². The summed E-state index contributed by atoms with van der Waals surface area (Å²) in [7, 11) is 0. The highest BCUT2D eigenvalue weighted by Gasteiger charge is 2.20. The van der Waals surface area contributed by atoms with Gasteiger partial charge in [0.1, 0.15) is 11.4 Å². The van der Waals surface area contributed by atoms with Crippen LogP contribution in [0.25, 0.3) is 22.2 Å². The quantitative estimate of drug-likeness (QED) is 0.388. The van der Waals surface area contributed by atoms with Gasteiger partial charge in [0.15, 0.2) is 11.8 Å². The third-order valence-corrected chi connectivity index (χ3v) is 4.54. The Morgan fingerprint density at radius 2 is 2.21 bits per heavy atom.